The zero-order valence-corrected chi connectivity index (χ0v) is 14.2. The van der Waals surface area contributed by atoms with E-state index < -0.39 is 23.2 Å². The van der Waals surface area contributed by atoms with Crippen molar-refractivity contribution in [3.8, 4) is 0 Å². The van der Waals surface area contributed by atoms with Crippen LogP contribution >= 0.6 is 0 Å². The molecule has 1 aromatic heterocycles. The van der Waals surface area contributed by atoms with Gasteiger partial charge in [0.1, 0.15) is 0 Å². The summed E-state index contributed by atoms with van der Waals surface area (Å²) in [5.74, 6) is -1.81. The first kappa shape index (κ1) is 15.7. The summed E-state index contributed by atoms with van der Waals surface area (Å²) in [5.41, 5.74) is 1.24. The van der Waals surface area contributed by atoms with E-state index in [9.17, 15) is 14.4 Å². The number of rotatable bonds is 3. The Morgan fingerprint density at radius 3 is 2.22 bits per heavy atom. The number of pyridine rings is 1. The van der Waals surface area contributed by atoms with Crippen molar-refractivity contribution in [2.45, 2.75) is 18.3 Å². The first-order valence-electron chi connectivity index (χ1n) is 8.66. The SMILES string of the molecule is O=C1c2ccccc2C(=O)N1OC(=O)C1(c2ccnc3ccccc23)CC1. The molecular formula is C21H14N2O4. The molecule has 0 unspecified atom stereocenters. The van der Waals surface area contributed by atoms with Gasteiger partial charge < -0.3 is 4.84 Å². The summed E-state index contributed by atoms with van der Waals surface area (Å²) in [4.78, 5) is 47.5. The van der Waals surface area contributed by atoms with Crippen molar-refractivity contribution in [3.63, 3.8) is 0 Å². The molecule has 0 radical (unpaired) electrons. The van der Waals surface area contributed by atoms with E-state index in [4.69, 9.17) is 4.84 Å². The number of hydrogen-bond acceptors (Lipinski definition) is 5. The molecule has 0 atom stereocenters. The molecule has 1 aliphatic heterocycles. The Hall–Kier alpha value is -3.54. The minimum atomic E-state index is -0.849. The third kappa shape index (κ3) is 2.19. The summed E-state index contributed by atoms with van der Waals surface area (Å²) in [6.45, 7) is 0. The zero-order valence-electron chi connectivity index (χ0n) is 14.2. The molecule has 6 nitrogen and oxygen atoms in total. The van der Waals surface area contributed by atoms with Gasteiger partial charge in [0.15, 0.2) is 0 Å². The van der Waals surface area contributed by atoms with E-state index in [1.807, 2.05) is 24.3 Å². The average Bonchev–Trinajstić information content (AvgIpc) is 3.48. The lowest BCUT2D eigenvalue weighted by Gasteiger charge is -2.19. The molecule has 0 N–H and O–H groups in total. The quantitative estimate of drug-likeness (QED) is 0.673. The van der Waals surface area contributed by atoms with E-state index >= 15 is 0 Å². The number of amides is 2. The summed E-state index contributed by atoms with van der Waals surface area (Å²) in [6.07, 6.45) is 2.86. The molecule has 5 rings (SSSR count). The lowest BCUT2D eigenvalue weighted by Crippen LogP contribution is -2.37. The third-order valence-electron chi connectivity index (χ3n) is 5.24. The van der Waals surface area contributed by atoms with Gasteiger partial charge >= 0.3 is 5.97 Å². The number of fused-ring (bicyclic) bond motifs is 2. The Morgan fingerprint density at radius 2 is 1.56 bits per heavy atom. The molecule has 2 aromatic carbocycles. The molecule has 1 aliphatic carbocycles. The second-order valence-corrected chi connectivity index (χ2v) is 6.79. The Balaban J connectivity index is 1.48. The van der Waals surface area contributed by atoms with Gasteiger partial charge in [0, 0.05) is 11.6 Å². The predicted octanol–water partition coefficient (Wildman–Crippen LogP) is 3.02. The van der Waals surface area contributed by atoms with Gasteiger partial charge in [-0.2, -0.15) is 0 Å². The normalized spacial score (nSPS) is 17.1. The van der Waals surface area contributed by atoms with E-state index in [1.54, 1.807) is 36.5 Å². The van der Waals surface area contributed by atoms with Crippen LogP contribution in [0, 0.1) is 0 Å². The second-order valence-electron chi connectivity index (χ2n) is 6.79. The van der Waals surface area contributed by atoms with Crippen molar-refractivity contribution in [3.05, 3.63) is 77.5 Å². The van der Waals surface area contributed by atoms with Gasteiger partial charge in [0.2, 0.25) is 0 Å². The van der Waals surface area contributed by atoms with Crippen molar-refractivity contribution in [1.82, 2.24) is 10.0 Å². The van der Waals surface area contributed by atoms with Gasteiger partial charge in [-0.25, -0.2) is 4.79 Å². The van der Waals surface area contributed by atoms with E-state index in [0.29, 0.717) is 17.9 Å². The smallest absolute Gasteiger partial charge is 0.329 e. The van der Waals surface area contributed by atoms with Crippen LogP contribution in [0.1, 0.15) is 39.1 Å². The third-order valence-corrected chi connectivity index (χ3v) is 5.24. The maximum atomic E-state index is 13.0. The summed E-state index contributed by atoms with van der Waals surface area (Å²) >= 11 is 0. The molecule has 0 bridgehead atoms. The molecule has 27 heavy (non-hydrogen) atoms. The number of imide groups is 1. The fourth-order valence-corrected chi connectivity index (χ4v) is 3.64. The fourth-order valence-electron chi connectivity index (χ4n) is 3.64. The molecule has 1 saturated carbocycles. The molecule has 6 heteroatoms. The van der Waals surface area contributed by atoms with Crippen LogP contribution in [0.4, 0.5) is 0 Å². The first-order chi connectivity index (χ1) is 13.1. The van der Waals surface area contributed by atoms with Crippen LogP contribution in [0.2, 0.25) is 0 Å². The Labute approximate surface area is 154 Å². The number of aromatic nitrogens is 1. The highest BCUT2D eigenvalue weighted by atomic mass is 16.7. The Morgan fingerprint density at radius 1 is 0.926 bits per heavy atom. The number of carbonyl (C=O) groups is 3. The Bertz CT molecular complexity index is 1090. The van der Waals surface area contributed by atoms with Gasteiger partial charge in [0.25, 0.3) is 11.8 Å². The van der Waals surface area contributed by atoms with Crippen LogP contribution in [0.3, 0.4) is 0 Å². The van der Waals surface area contributed by atoms with Crippen LogP contribution < -0.4 is 0 Å². The molecule has 2 amide bonds. The molecule has 0 saturated heterocycles. The van der Waals surface area contributed by atoms with Gasteiger partial charge in [0.05, 0.1) is 22.1 Å². The highest BCUT2D eigenvalue weighted by Gasteiger charge is 2.55. The lowest BCUT2D eigenvalue weighted by atomic mass is 9.93. The topological polar surface area (TPSA) is 76.6 Å². The van der Waals surface area contributed by atoms with Crippen LogP contribution in [0.5, 0.6) is 0 Å². The molecule has 2 heterocycles. The lowest BCUT2D eigenvalue weighted by molar-refractivity contribution is -0.171. The molecule has 3 aromatic rings. The summed E-state index contributed by atoms with van der Waals surface area (Å²) in [6, 6.07) is 15.8. The van der Waals surface area contributed by atoms with Gasteiger partial charge in [-0.1, -0.05) is 35.4 Å². The minimum Gasteiger partial charge on any atom is -0.329 e. The van der Waals surface area contributed by atoms with Gasteiger partial charge in [-0.3, -0.25) is 14.6 Å². The van der Waals surface area contributed by atoms with E-state index in [-0.39, 0.29) is 11.1 Å². The summed E-state index contributed by atoms with van der Waals surface area (Å²) < 4.78 is 0. The highest BCUT2D eigenvalue weighted by molar-refractivity contribution is 6.21. The predicted molar refractivity (Wildman–Crippen MR) is 95.7 cm³/mol. The summed E-state index contributed by atoms with van der Waals surface area (Å²) in [5, 5.41) is 1.45. The largest absolute Gasteiger partial charge is 0.343 e. The van der Waals surface area contributed by atoms with Crippen LogP contribution in [-0.4, -0.2) is 27.8 Å². The highest BCUT2D eigenvalue weighted by Crippen LogP contribution is 2.51. The Kier molecular flexibility index (Phi) is 3.18. The van der Waals surface area contributed by atoms with Crippen LogP contribution in [-0.2, 0) is 15.0 Å². The van der Waals surface area contributed by atoms with E-state index in [2.05, 4.69) is 4.98 Å². The second kappa shape index (κ2) is 5.48. The van der Waals surface area contributed by atoms with Crippen molar-refractivity contribution in [1.29, 1.82) is 0 Å². The van der Waals surface area contributed by atoms with E-state index in [1.165, 1.54) is 0 Å². The van der Waals surface area contributed by atoms with Crippen molar-refractivity contribution in [2.24, 2.45) is 0 Å². The molecular weight excluding hydrogens is 344 g/mol. The van der Waals surface area contributed by atoms with E-state index in [0.717, 1.165) is 16.5 Å². The number of carbonyl (C=O) groups excluding carboxylic acids is 3. The number of benzene rings is 2. The van der Waals surface area contributed by atoms with Crippen LogP contribution in [0.25, 0.3) is 10.9 Å². The number of nitrogens with zero attached hydrogens (tertiary/aromatic N) is 2. The average molecular weight is 358 g/mol. The van der Waals surface area contributed by atoms with Gasteiger partial charge in [-0.15, -0.1) is 0 Å². The maximum absolute atomic E-state index is 13.0. The minimum absolute atomic E-state index is 0.245. The van der Waals surface area contributed by atoms with Crippen molar-refractivity contribution >= 4 is 28.7 Å². The van der Waals surface area contributed by atoms with Crippen molar-refractivity contribution in [2.75, 3.05) is 0 Å². The first-order valence-corrected chi connectivity index (χ1v) is 8.66. The molecule has 2 aliphatic rings. The number of hydrogen-bond donors (Lipinski definition) is 0. The fraction of sp³-hybridized carbons (Fsp3) is 0.143. The van der Waals surface area contributed by atoms with Crippen molar-refractivity contribution < 1.29 is 19.2 Å². The number of para-hydroxylation sites is 1. The monoisotopic (exact) mass is 358 g/mol. The molecule has 132 valence electrons. The summed E-state index contributed by atoms with van der Waals surface area (Å²) in [7, 11) is 0. The number of hydroxylamine groups is 2. The van der Waals surface area contributed by atoms with Gasteiger partial charge in [-0.05, 0) is 42.7 Å². The molecule has 1 fully saturated rings. The molecule has 0 spiro atoms. The van der Waals surface area contributed by atoms with Crippen LogP contribution in [0.15, 0.2) is 60.8 Å². The zero-order chi connectivity index (χ0) is 18.6. The standard InChI is InChI=1S/C21H14N2O4/c24-18-13-5-1-2-6-14(13)19(25)23(18)27-20(26)21(10-11-21)16-9-12-22-17-8-4-3-7-15(16)17/h1-9,12H,10-11H2. The maximum Gasteiger partial charge on any atom is 0.343 e.